The maximum absolute atomic E-state index is 10.9. The lowest BCUT2D eigenvalue weighted by molar-refractivity contribution is -0.140. The molecule has 0 bridgehead atoms. The molecule has 22 heavy (non-hydrogen) atoms. The first-order valence-corrected chi connectivity index (χ1v) is 7.33. The molecule has 0 N–H and O–H groups in total. The normalized spacial score (nSPS) is 9.55. The maximum atomic E-state index is 10.9. The van der Waals surface area contributed by atoms with Crippen molar-refractivity contribution >= 4 is 18.0 Å². The van der Waals surface area contributed by atoms with Gasteiger partial charge in [-0.3, -0.25) is 0 Å². The zero-order valence-corrected chi connectivity index (χ0v) is 13.3. The summed E-state index contributed by atoms with van der Waals surface area (Å²) in [5.41, 5.74) is 1.17. The van der Waals surface area contributed by atoms with E-state index in [0.29, 0.717) is 13.2 Å². The van der Waals surface area contributed by atoms with Crippen LogP contribution in [0.4, 0.5) is 0 Å². The number of benzene rings is 1. The number of carbonyl (C=O) groups is 2. The van der Waals surface area contributed by atoms with Crippen LogP contribution in [0, 0.1) is 0 Å². The number of hydrogen-bond donors (Lipinski definition) is 0. The summed E-state index contributed by atoms with van der Waals surface area (Å²) in [5, 5.41) is 0. The molecule has 0 amide bonds. The van der Waals surface area contributed by atoms with Gasteiger partial charge >= 0.3 is 11.9 Å². The van der Waals surface area contributed by atoms with E-state index in [0.717, 1.165) is 25.0 Å². The minimum absolute atomic E-state index is 0.368. The molecule has 1 rings (SSSR count). The van der Waals surface area contributed by atoms with Crippen LogP contribution in [-0.2, 0) is 19.1 Å². The summed E-state index contributed by atoms with van der Waals surface area (Å²) >= 11 is 0. The molecule has 0 aliphatic rings. The molecule has 0 unspecified atom stereocenters. The fourth-order valence-corrected chi connectivity index (χ4v) is 1.23. The predicted octanol–water partition coefficient (Wildman–Crippen LogP) is 3.78. The molecule has 0 fully saturated rings. The van der Waals surface area contributed by atoms with Crippen molar-refractivity contribution in [3.63, 3.8) is 0 Å². The van der Waals surface area contributed by atoms with Gasteiger partial charge in [0, 0.05) is 12.2 Å². The molecule has 1 aromatic rings. The van der Waals surface area contributed by atoms with E-state index in [1.165, 1.54) is 5.56 Å². The van der Waals surface area contributed by atoms with Crippen molar-refractivity contribution in [3.05, 3.63) is 54.6 Å². The van der Waals surface area contributed by atoms with E-state index in [1.807, 2.05) is 50.3 Å². The Morgan fingerprint density at radius 2 is 1.41 bits per heavy atom. The average Bonchev–Trinajstić information content (AvgIpc) is 2.57. The Hall–Kier alpha value is -2.36. The van der Waals surface area contributed by atoms with Gasteiger partial charge in [0.2, 0.25) is 0 Å². The number of rotatable bonds is 7. The van der Waals surface area contributed by atoms with Crippen molar-refractivity contribution in [1.29, 1.82) is 0 Å². The predicted molar refractivity (Wildman–Crippen MR) is 88.2 cm³/mol. The van der Waals surface area contributed by atoms with Gasteiger partial charge in [-0.15, -0.1) is 0 Å². The van der Waals surface area contributed by atoms with Crippen LogP contribution in [-0.4, -0.2) is 25.2 Å². The smallest absolute Gasteiger partial charge is 0.331 e. The van der Waals surface area contributed by atoms with Crippen LogP contribution in [0.5, 0.6) is 0 Å². The third-order valence-electron chi connectivity index (χ3n) is 2.29. The molecule has 1 aromatic carbocycles. The highest BCUT2D eigenvalue weighted by Gasteiger charge is 1.99. The molecular weight excluding hydrogens is 280 g/mol. The van der Waals surface area contributed by atoms with E-state index in [1.54, 1.807) is 0 Å². The highest BCUT2D eigenvalue weighted by molar-refractivity contribution is 5.91. The molecule has 0 radical (unpaired) electrons. The molecule has 120 valence electrons. The van der Waals surface area contributed by atoms with Crippen molar-refractivity contribution in [2.24, 2.45) is 0 Å². The standard InChI is InChI=1S/C10H16O4.C8H8/c1-3-7-13-9(11)5-6-10(12)14-8-4-2;1-2-8-6-4-3-5-7-8/h5-6H,3-4,7-8H2,1-2H3;2-7H,1H2/b6-5-;. The number of ether oxygens (including phenoxy) is 2. The van der Waals surface area contributed by atoms with Crippen molar-refractivity contribution in [2.45, 2.75) is 26.7 Å². The Morgan fingerprint density at radius 3 is 1.73 bits per heavy atom. The highest BCUT2D eigenvalue weighted by Crippen LogP contribution is 1.97. The van der Waals surface area contributed by atoms with E-state index in [-0.39, 0.29) is 0 Å². The van der Waals surface area contributed by atoms with Crippen molar-refractivity contribution in [3.8, 4) is 0 Å². The van der Waals surface area contributed by atoms with E-state index in [2.05, 4.69) is 6.58 Å². The van der Waals surface area contributed by atoms with E-state index < -0.39 is 11.9 Å². The van der Waals surface area contributed by atoms with Gasteiger partial charge in [0.1, 0.15) is 0 Å². The van der Waals surface area contributed by atoms with Crippen LogP contribution in [0.2, 0.25) is 0 Å². The fraction of sp³-hybridized carbons (Fsp3) is 0.333. The van der Waals surface area contributed by atoms with Crippen molar-refractivity contribution < 1.29 is 19.1 Å². The van der Waals surface area contributed by atoms with Gasteiger partial charge in [0.05, 0.1) is 13.2 Å². The Bertz CT molecular complexity index is 441. The van der Waals surface area contributed by atoms with Crippen molar-refractivity contribution in [1.82, 2.24) is 0 Å². The molecule has 0 aromatic heterocycles. The second-order valence-electron chi connectivity index (χ2n) is 4.28. The Labute approximate surface area is 132 Å². The Kier molecular flexibility index (Phi) is 12.2. The van der Waals surface area contributed by atoms with Gasteiger partial charge in [0.15, 0.2) is 0 Å². The summed E-state index contributed by atoms with van der Waals surface area (Å²) in [4.78, 5) is 21.7. The topological polar surface area (TPSA) is 52.6 Å². The minimum atomic E-state index is -0.514. The maximum Gasteiger partial charge on any atom is 0.331 e. The Balaban J connectivity index is 0.000000461. The fourth-order valence-electron chi connectivity index (χ4n) is 1.23. The molecule has 0 saturated heterocycles. The third-order valence-corrected chi connectivity index (χ3v) is 2.29. The summed E-state index contributed by atoms with van der Waals surface area (Å²) in [6.45, 7) is 8.16. The van der Waals surface area contributed by atoms with Gasteiger partial charge in [-0.05, 0) is 18.4 Å². The molecule has 4 heteroatoms. The lowest BCUT2D eigenvalue weighted by Gasteiger charge is -1.98. The van der Waals surface area contributed by atoms with Crippen LogP contribution >= 0.6 is 0 Å². The number of esters is 2. The summed E-state index contributed by atoms with van der Waals surface area (Å²) in [5.74, 6) is -1.03. The SMILES string of the molecule is C=Cc1ccccc1.CCCOC(=O)/C=C\C(=O)OCCC. The second kappa shape index (κ2) is 13.6. The molecular formula is C18H24O4. The minimum Gasteiger partial charge on any atom is -0.463 e. The molecule has 0 spiro atoms. The number of hydrogen-bond acceptors (Lipinski definition) is 4. The molecule has 0 saturated carbocycles. The van der Waals surface area contributed by atoms with E-state index >= 15 is 0 Å². The third kappa shape index (κ3) is 11.5. The lowest BCUT2D eigenvalue weighted by atomic mass is 10.2. The zero-order valence-electron chi connectivity index (χ0n) is 13.3. The van der Waals surface area contributed by atoms with Gasteiger partial charge in [-0.25, -0.2) is 9.59 Å². The molecule has 0 atom stereocenters. The summed E-state index contributed by atoms with van der Waals surface area (Å²) < 4.78 is 9.43. The van der Waals surface area contributed by atoms with Crippen LogP contribution < -0.4 is 0 Å². The summed E-state index contributed by atoms with van der Waals surface area (Å²) in [6.07, 6.45) is 5.51. The first kappa shape index (κ1) is 19.6. The first-order chi connectivity index (χ1) is 10.6. The van der Waals surface area contributed by atoms with Gasteiger partial charge in [0.25, 0.3) is 0 Å². The van der Waals surface area contributed by atoms with Crippen LogP contribution in [0.25, 0.3) is 6.08 Å². The van der Waals surface area contributed by atoms with Crippen LogP contribution in [0.3, 0.4) is 0 Å². The number of carbonyl (C=O) groups excluding carboxylic acids is 2. The van der Waals surface area contributed by atoms with Gasteiger partial charge in [-0.1, -0.05) is 56.8 Å². The van der Waals surface area contributed by atoms with Gasteiger partial charge < -0.3 is 9.47 Å². The largest absolute Gasteiger partial charge is 0.463 e. The van der Waals surface area contributed by atoms with E-state index in [4.69, 9.17) is 9.47 Å². The summed E-state index contributed by atoms with van der Waals surface area (Å²) in [7, 11) is 0. The van der Waals surface area contributed by atoms with E-state index in [9.17, 15) is 9.59 Å². The zero-order chi connectivity index (χ0) is 16.6. The monoisotopic (exact) mass is 304 g/mol. The quantitative estimate of drug-likeness (QED) is 0.568. The van der Waals surface area contributed by atoms with Crippen LogP contribution in [0.15, 0.2) is 49.1 Å². The first-order valence-electron chi connectivity index (χ1n) is 7.33. The average molecular weight is 304 g/mol. The molecule has 0 aliphatic carbocycles. The lowest BCUT2D eigenvalue weighted by Crippen LogP contribution is -2.05. The van der Waals surface area contributed by atoms with Crippen LogP contribution in [0.1, 0.15) is 32.3 Å². The molecule has 4 nitrogen and oxygen atoms in total. The highest BCUT2D eigenvalue weighted by atomic mass is 16.5. The van der Waals surface area contributed by atoms with Gasteiger partial charge in [-0.2, -0.15) is 0 Å². The molecule has 0 heterocycles. The van der Waals surface area contributed by atoms with Crippen molar-refractivity contribution in [2.75, 3.05) is 13.2 Å². The second-order valence-corrected chi connectivity index (χ2v) is 4.28. The Morgan fingerprint density at radius 1 is 0.955 bits per heavy atom. The summed E-state index contributed by atoms with van der Waals surface area (Å²) in [6, 6.07) is 10.0. The molecule has 0 aliphatic heterocycles.